The molecule has 0 heterocycles. The summed E-state index contributed by atoms with van der Waals surface area (Å²) in [5.41, 5.74) is 1.35. The first-order chi connectivity index (χ1) is 11.5. The highest BCUT2D eigenvalue weighted by Crippen LogP contribution is 2.12. The second-order valence-electron chi connectivity index (χ2n) is 5.49. The van der Waals surface area contributed by atoms with Crippen LogP contribution in [0.3, 0.4) is 0 Å². The Morgan fingerprint density at radius 1 is 1.21 bits per heavy atom. The third kappa shape index (κ3) is 5.22. The number of hydrogen-bond donors (Lipinski definition) is 1. The number of carbonyl (C=O) groups excluding carboxylic acids is 1. The van der Waals surface area contributed by atoms with Crippen molar-refractivity contribution in [3.63, 3.8) is 0 Å². The van der Waals surface area contributed by atoms with Gasteiger partial charge in [0.25, 0.3) is 0 Å². The molecule has 0 bridgehead atoms. The lowest BCUT2D eigenvalue weighted by Gasteiger charge is -2.18. The molecule has 1 N–H and O–H groups in total. The van der Waals surface area contributed by atoms with Crippen molar-refractivity contribution in [2.45, 2.75) is 13.5 Å². The quantitative estimate of drug-likeness (QED) is 0.822. The molecule has 0 saturated carbocycles. The molecule has 2 amide bonds. The molecule has 2 rings (SSSR count). The molecular weight excluding hydrogens is 314 g/mol. The highest BCUT2D eigenvalue weighted by atomic mass is 19.1. The highest BCUT2D eigenvalue weighted by Gasteiger charge is 2.11. The van der Waals surface area contributed by atoms with Crippen molar-refractivity contribution in [1.82, 2.24) is 10.2 Å². The molecule has 2 aromatic carbocycles. The number of aryl methyl sites for hydroxylation is 1. The van der Waals surface area contributed by atoms with Crippen molar-refractivity contribution in [3.05, 3.63) is 65.2 Å². The second kappa shape index (κ2) is 8.29. The number of ether oxygens (including phenoxy) is 1. The first kappa shape index (κ1) is 17.7. The Morgan fingerprint density at radius 2 is 2.00 bits per heavy atom. The zero-order chi connectivity index (χ0) is 17.5. The van der Waals surface area contributed by atoms with E-state index in [0.717, 1.165) is 17.4 Å². The molecule has 6 heteroatoms. The number of nitrogens with one attached hydrogen (secondary N) is 1. The molecule has 24 heavy (non-hydrogen) atoms. The van der Waals surface area contributed by atoms with E-state index in [0.29, 0.717) is 13.2 Å². The average molecular weight is 334 g/mol. The normalized spacial score (nSPS) is 10.3. The number of rotatable bonds is 6. The minimum Gasteiger partial charge on any atom is -0.492 e. The Balaban J connectivity index is 1.75. The van der Waals surface area contributed by atoms with Gasteiger partial charge in [0.05, 0.1) is 6.54 Å². The standard InChI is InChI=1S/C18H20F2N2O2/c1-13-4-3-5-16(10-13)24-9-8-21-18(23)22(2)12-14-6-7-15(19)11-17(14)20/h3-7,10-11H,8-9,12H2,1-2H3,(H,21,23). The van der Waals surface area contributed by atoms with Crippen LogP contribution in [-0.2, 0) is 6.54 Å². The van der Waals surface area contributed by atoms with Gasteiger partial charge in [-0.3, -0.25) is 0 Å². The van der Waals surface area contributed by atoms with Gasteiger partial charge < -0.3 is 15.0 Å². The van der Waals surface area contributed by atoms with Crippen molar-refractivity contribution >= 4 is 6.03 Å². The van der Waals surface area contributed by atoms with E-state index in [4.69, 9.17) is 4.74 Å². The fraction of sp³-hybridized carbons (Fsp3) is 0.278. The summed E-state index contributed by atoms with van der Waals surface area (Å²) in [6.45, 7) is 2.67. The number of hydrogen-bond acceptors (Lipinski definition) is 2. The zero-order valence-corrected chi connectivity index (χ0v) is 13.7. The minimum absolute atomic E-state index is 0.0523. The molecular formula is C18H20F2N2O2. The first-order valence-corrected chi connectivity index (χ1v) is 7.58. The summed E-state index contributed by atoms with van der Waals surface area (Å²) in [5.74, 6) is -0.569. The van der Waals surface area contributed by atoms with Crippen LogP contribution in [0.2, 0.25) is 0 Å². The van der Waals surface area contributed by atoms with Gasteiger partial charge in [-0.25, -0.2) is 13.6 Å². The van der Waals surface area contributed by atoms with E-state index in [9.17, 15) is 13.6 Å². The summed E-state index contributed by atoms with van der Waals surface area (Å²) in [4.78, 5) is 13.3. The van der Waals surface area contributed by atoms with Crippen LogP contribution in [0, 0.1) is 18.6 Å². The molecule has 0 radical (unpaired) electrons. The molecule has 0 unspecified atom stereocenters. The summed E-state index contributed by atoms with van der Waals surface area (Å²) >= 11 is 0. The molecule has 0 aliphatic rings. The van der Waals surface area contributed by atoms with Crippen LogP contribution in [0.5, 0.6) is 5.75 Å². The van der Waals surface area contributed by atoms with Crippen LogP contribution in [-0.4, -0.2) is 31.1 Å². The maximum Gasteiger partial charge on any atom is 0.317 e. The predicted molar refractivity (Wildman–Crippen MR) is 87.9 cm³/mol. The van der Waals surface area contributed by atoms with E-state index < -0.39 is 11.6 Å². The summed E-state index contributed by atoms with van der Waals surface area (Å²) in [5, 5.41) is 2.68. The molecule has 0 atom stereocenters. The van der Waals surface area contributed by atoms with Gasteiger partial charge in [0, 0.05) is 25.2 Å². The molecule has 128 valence electrons. The molecule has 2 aromatic rings. The summed E-state index contributed by atoms with van der Waals surface area (Å²) in [6, 6.07) is 10.6. The van der Waals surface area contributed by atoms with Crippen LogP contribution in [0.25, 0.3) is 0 Å². The molecule has 0 fully saturated rings. The number of benzene rings is 2. The first-order valence-electron chi connectivity index (χ1n) is 7.58. The Bertz CT molecular complexity index is 707. The maximum absolute atomic E-state index is 13.6. The van der Waals surface area contributed by atoms with E-state index in [1.54, 1.807) is 7.05 Å². The summed E-state index contributed by atoms with van der Waals surface area (Å²) in [6.07, 6.45) is 0. The Labute approximate surface area is 140 Å². The lowest BCUT2D eigenvalue weighted by atomic mass is 10.2. The average Bonchev–Trinajstić information content (AvgIpc) is 2.54. The molecule has 0 aromatic heterocycles. The zero-order valence-electron chi connectivity index (χ0n) is 13.7. The van der Waals surface area contributed by atoms with Gasteiger partial charge in [0.2, 0.25) is 0 Å². The largest absolute Gasteiger partial charge is 0.492 e. The highest BCUT2D eigenvalue weighted by molar-refractivity contribution is 5.73. The van der Waals surface area contributed by atoms with Crippen LogP contribution < -0.4 is 10.1 Å². The predicted octanol–water partition coefficient (Wildman–Crippen LogP) is 3.49. The monoisotopic (exact) mass is 334 g/mol. The number of amides is 2. The van der Waals surface area contributed by atoms with Crippen LogP contribution in [0.1, 0.15) is 11.1 Å². The number of urea groups is 1. The lowest BCUT2D eigenvalue weighted by molar-refractivity contribution is 0.203. The van der Waals surface area contributed by atoms with Gasteiger partial charge in [0.1, 0.15) is 24.0 Å². The van der Waals surface area contributed by atoms with Gasteiger partial charge in [-0.15, -0.1) is 0 Å². The number of halogens is 2. The van der Waals surface area contributed by atoms with Gasteiger partial charge in [0.15, 0.2) is 0 Å². The van der Waals surface area contributed by atoms with Crippen molar-refractivity contribution in [2.24, 2.45) is 0 Å². The molecule has 4 nitrogen and oxygen atoms in total. The third-order valence-corrected chi connectivity index (χ3v) is 3.41. The van der Waals surface area contributed by atoms with Crippen molar-refractivity contribution in [1.29, 1.82) is 0 Å². The van der Waals surface area contributed by atoms with E-state index in [-0.39, 0.29) is 18.1 Å². The fourth-order valence-corrected chi connectivity index (χ4v) is 2.14. The maximum atomic E-state index is 13.6. The number of nitrogens with zero attached hydrogens (tertiary/aromatic N) is 1. The van der Waals surface area contributed by atoms with Crippen molar-refractivity contribution < 1.29 is 18.3 Å². The topological polar surface area (TPSA) is 41.6 Å². The van der Waals surface area contributed by atoms with Crippen molar-refractivity contribution in [2.75, 3.05) is 20.2 Å². The smallest absolute Gasteiger partial charge is 0.317 e. The van der Waals surface area contributed by atoms with Crippen LogP contribution in [0.15, 0.2) is 42.5 Å². The van der Waals surface area contributed by atoms with Gasteiger partial charge in [-0.1, -0.05) is 18.2 Å². The SMILES string of the molecule is Cc1cccc(OCCNC(=O)N(C)Cc2ccc(F)cc2F)c1. The molecule has 0 saturated heterocycles. The lowest BCUT2D eigenvalue weighted by Crippen LogP contribution is -2.38. The molecule has 0 aliphatic heterocycles. The van der Waals surface area contributed by atoms with E-state index >= 15 is 0 Å². The molecule has 0 aliphatic carbocycles. The van der Waals surface area contributed by atoms with E-state index in [1.807, 2.05) is 31.2 Å². The van der Waals surface area contributed by atoms with Crippen LogP contribution >= 0.6 is 0 Å². The number of carbonyl (C=O) groups is 1. The third-order valence-electron chi connectivity index (χ3n) is 3.41. The van der Waals surface area contributed by atoms with Gasteiger partial charge >= 0.3 is 6.03 Å². The van der Waals surface area contributed by atoms with Crippen LogP contribution in [0.4, 0.5) is 13.6 Å². The second-order valence-corrected chi connectivity index (χ2v) is 5.49. The van der Waals surface area contributed by atoms with Gasteiger partial charge in [-0.05, 0) is 30.7 Å². The van der Waals surface area contributed by atoms with Crippen molar-refractivity contribution in [3.8, 4) is 5.75 Å². The van der Waals surface area contributed by atoms with E-state index in [1.165, 1.54) is 17.0 Å². The molecule has 0 spiro atoms. The summed E-state index contributed by atoms with van der Waals surface area (Å²) in [7, 11) is 1.54. The summed E-state index contributed by atoms with van der Waals surface area (Å²) < 4.78 is 32.0. The van der Waals surface area contributed by atoms with Gasteiger partial charge in [-0.2, -0.15) is 0 Å². The minimum atomic E-state index is -0.669. The Morgan fingerprint density at radius 3 is 2.71 bits per heavy atom. The Kier molecular flexibility index (Phi) is 6.12. The van der Waals surface area contributed by atoms with E-state index in [2.05, 4.69) is 5.32 Å². The fourth-order valence-electron chi connectivity index (χ4n) is 2.14. The Hall–Kier alpha value is -2.63.